The maximum Gasteiger partial charge on any atom is 0.321 e. The van der Waals surface area contributed by atoms with E-state index in [1.807, 2.05) is 23.1 Å². The van der Waals surface area contributed by atoms with Gasteiger partial charge in [0.15, 0.2) is 0 Å². The molecule has 24 heavy (non-hydrogen) atoms. The highest BCUT2D eigenvalue weighted by molar-refractivity contribution is 6.33. The van der Waals surface area contributed by atoms with Gasteiger partial charge in [-0.2, -0.15) is 0 Å². The number of hydrogen-bond donors (Lipinski definition) is 1. The molecule has 1 aliphatic rings. The van der Waals surface area contributed by atoms with Crippen LogP contribution < -0.4 is 5.32 Å². The molecular weight excluding hydrogens is 322 g/mol. The predicted molar refractivity (Wildman–Crippen MR) is 98.5 cm³/mol. The van der Waals surface area contributed by atoms with Crippen LogP contribution in [-0.2, 0) is 6.54 Å². The minimum absolute atomic E-state index is 0.0851. The first kappa shape index (κ1) is 16.8. The summed E-state index contributed by atoms with van der Waals surface area (Å²) < 4.78 is 0. The number of carbonyl (C=O) groups is 1. The summed E-state index contributed by atoms with van der Waals surface area (Å²) in [6, 6.07) is 15.8. The fraction of sp³-hybridized carbons (Fsp3) is 0.316. The van der Waals surface area contributed by atoms with Gasteiger partial charge in [-0.05, 0) is 24.6 Å². The van der Waals surface area contributed by atoms with Crippen molar-refractivity contribution >= 4 is 23.3 Å². The molecule has 0 unspecified atom stereocenters. The summed E-state index contributed by atoms with van der Waals surface area (Å²) >= 11 is 6.09. The smallest absolute Gasteiger partial charge is 0.321 e. The van der Waals surface area contributed by atoms with Gasteiger partial charge < -0.3 is 10.2 Å². The number of nitrogens with zero attached hydrogens (tertiary/aromatic N) is 2. The van der Waals surface area contributed by atoms with Crippen molar-refractivity contribution in [3.05, 3.63) is 64.7 Å². The Balaban J connectivity index is 1.50. The molecule has 0 aromatic heterocycles. The van der Waals surface area contributed by atoms with Crippen molar-refractivity contribution in [3.8, 4) is 0 Å². The summed E-state index contributed by atoms with van der Waals surface area (Å²) in [6.07, 6.45) is 0. The fourth-order valence-electron chi connectivity index (χ4n) is 2.82. The molecule has 3 rings (SSSR count). The van der Waals surface area contributed by atoms with Crippen molar-refractivity contribution in [3.63, 3.8) is 0 Å². The molecule has 1 saturated heterocycles. The number of anilines is 1. The second kappa shape index (κ2) is 7.69. The molecule has 2 aromatic carbocycles. The van der Waals surface area contributed by atoms with Crippen LogP contribution >= 0.6 is 11.6 Å². The second-order valence-electron chi connectivity index (χ2n) is 6.16. The first-order valence-electron chi connectivity index (χ1n) is 8.20. The topological polar surface area (TPSA) is 35.6 Å². The number of para-hydroxylation sites is 1. The maximum atomic E-state index is 12.4. The lowest BCUT2D eigenvalue weighted by atomic mass is 10.1. The number of hydrogen-bond acceptors (Lipinski definition) is 2. The molecule has 2 amide bonds. The molecule has 2 aromatic rings. The van der Waals surface area contributed by atoms with E-state index in [4.69, 9.17) is 11.6 Å². The van der Waals surface area contributed by atoms with Crippen LogP contribution in [0.15, 0.2) is 48.5 Å². The molecule has 1 heterocycles. The Morgan fingerprint density at radius 2 is 1.71 bits per heavy atom. The Morgan fingerprint density at radius 3 is 2.38 bits per heavy atom. The first-order valence-corrected chi connectivity index (χ1v) is 8.58. The zero-order valence-electron chi connectivity index (χ0n) is 13.8. The van der Waals surface area contributed by atoms with Crippen molar-refractivity contribution < 1.29 is 4.79 Å². The number of aryl methyl sites for hydroxylation is 1. The molecule has 0 spiro atoms. The molecule has 1 N–H and O–H groups in total. The van der Waals surface area contributed by atoms with E-state index in [9.17, 15) is 4.79 Å². The van der Waals surface area contributed by atoms with Gasteiger partial charge in [-0.15, -0.1) is 0 Å². The van der Waals surface area contributed by atoms with Gasteiger partial charge in [0.25, 0.3) is 0 Å². The van der Waals surface area contributed by atoms with Crippen LogP contribution in [-0.4, -0.2) is 42.0 Å². The van der Waals surface area contributed by atoms with Gasteiger partial charge in [0, 0.05) is 32.7 Å². The Hall–Kier alpha value is -2.04. The van der Waals surface area contributed by atoms with E-state index in [1.54, 1.807) is 6.07 Å². The number of halogens is 1. The number of urea groups is 1. The Kier molecular flexibility index (Phi) is 5.38. The van der Waals surface area contributed by atoms with Crippen molar-refractivity contribution in [2.24, 2.45) is 0 Å². The van der Waals surface area contributed by atoms with Crippen LogP contribution in [0, 0.1) is 6.92 Å². The van der Waals surface area contributed by atoms with Crippen molar-refractivity contribution in [2.75, 3.05) is 31.5 Å². The largest absolute Gasteiger partial charge is 0.322 e. The average molecular weight is 344 g/mol. The molecule has 0 bridgehead atoms. The van der Waals surface area contributed by atoms with E-state index >= 15 is 0 Å². The molecule has 0 saturated carbocycles. The minimum atomic E-state index is -0.0851. The van der Waals surface area contributed by atoms with E-state index in [-0.39, 0.29) is 6.03 Å². The fourth-order valence-corrected chi connectivity index (χ4v) is 3.00. The normalized spacial score (nSPS) is 15.3. The average Bonchev–Trinajstić information content (AvgIpc) is 2.59. The molecule has 0 atom stereocenters. The Labute approximate surface area is 148 Å². The molecule has 5 heteroatoms. The lowest BCUT2D eigenvalue weighted by Crippen LogP contribution is -2.49. The number of amides is 2. The monoisotopic (exact) mass is 343 g/mol. The van der Waals surface area contributed by atoms with Gasteiger partial charge >= 0.3 is 6.03 Å². The third-order valence-electron chi connectivity index (χ3n) is 4.30. The summed E-state index contributed by atoms with van der Waals surface area (Å²) in [5.41, 5.74) is 3.25. The zero-order chi connectivity index (χ0) is 16.9. The predicted octanol–water partition coefficient (Wildman–Crippen LogP) is 4.00. The summed E-state index contributed by atoms with van der Waals surface area (Å²) in [6.45, 7) is 6.23. The number of rotatable bonds is 3. The molecule has 126 valence electrons. The summed E-state index contributed by atoms with van der Waals surface area (Å²) in [4.78, 5) is 16.6. The molecule has 4 nitrogen and oxygen atoms in total. The summed E-state index contributed by atoms with van der Waals surface area (Å²) in [5, 5.41) is 3.45. The first-order chi connectivity index (χ1) is 11.6. The summed E-state index contributed by atoms with van der Waals surface area (Å²) in [7, 11) is 0. The maximum absolute atomic E-state index is 12.4. The van der Waals surface area contributed by atoms with Gasteiger partial charge in [0.2, 0.25) is 0 Å². The Bertz CT molecular complexity index is 694. The molecular formula is C19H22ClN3O. The highest BCUT2D eigenvalue weighted by Gasteiger charge is 2.21. The van der Waals surface area contributed by atoms with Crippen LogP contribution in [0.25, 0.3) is 0 Å². The number of benzene rings is 2. The second-order valence-corrected chi connectivity index (χ2v) is 6.57. The third-order valence-corrected chi connectivity index (χ3v) is 4.63. The van der Waals surface area contributed by atoms with E-state index in [0.29, 0.717) is 10.7 Å². The van der Waals surface area contributed by atoms with E-state index < -0.39 is 0 Å². The van der Waals surface area contributed by atoms with Crippen LogP contribution in [0.5, 0.6) is 0 Å². The lowest BCUT2D eigenvalue weighted by molar-refractivity contribution is 0.143. The van der Waals surface area contributed by atoms with Crippen LogP contribution in [0.4, 0.5) is 10.5 Å². The van der Waals surface area contributed by atoms with E-state index in [2.05, 4.69) is 41.4 Å². The van der Waals surface area contributed by atoms with Crippen molar-refractivity contribution in [2.45, 2.75) is 13.5 Å². The summed E-state index contributed by atoms with van der Waals surface area (Å²) in [5.74, 6) is 0. The van der Waals surface area contributed by atoms with Crippen LogP contribution in [0.3, 0.4) is 0 Å². The lowest BCUT2D eigenvalue weighted by Gasteiger charge is -2.34. The number of carbonyl (C=O) groups excluding carboxylic acids is 1. The van der Waals surface area contributed by atoms with Crippen LogP contribution in [0.2, 0.25) is 5.02 Å². The highest BCUT2D eigenvalue weighted by atomic mass is 35.5. The third kappa shape index (κ3) is 4.28. The standard InChI is InChI=1S/C19H22ClN3O/c1-15-6-8-16(9-7-15)14-22-10-12-23(13-11-22)19(24)21-18-5-3-2-4-17(18)20/h2-9H,10-14H2,1H3,(H,21,24). The van der Waals surface area contributed by atoms with Gasteiger partial charge in [-0.3, -0.25) is 4.90 Å². The van der Waals surface area contributed by atoms with Gasteiger partial charge in [-0.25, -0.2) is 4.79 Å². The Morgan fingerprint density at radius 1 is 1.04 bits per heavy atom. The molecule has 0 aliphatic carbocycles. The molecule has 1 fully saturated rings. The highest BCUT2D eigenvalue weighted by Crippen LogP contribution is 2.21. The van der Waals surface area contributed by atoms with Crippen molar-refractivity contribution in [1.82, 2.24) is 9.80 Å². The minimum Gasteiger partial charge on any atom is -0.322 e. The van der Waals surface area contributed by atoms with Gasteiger partial charge in [-0.1, -0.05) is 53.6 Å². The molecule has 0 radical (unpaired) electrons. The van der Waals surface area contributed by atoms with E-state index in [1.165, 1.54) is 11.1 Å². The zero-order valence-corrected chi connectivity index (χ0v) is 14.6. The number of piperazine rings is 1. The van der Waals surface area contributed by atoms with Gasteiger partial charge in [0.05, 0.1) is 10.7 Å². The van der Waals surface area contributed by atoms with Crippen molar-refractivity contribution in [1.29, 1.82) is 0 Å². The SMILES string of the molecule is Cc1ccc(CN2CCN(C(=O)Nc3ccccc3Cl)CC2)cc1. The number of nitrogens with one attached hydrogen (secondary N) is 1. The van der Waals surface area contributed by atoms with Crippen LogP contribution in [0.1, 0.15) is 11.1 Å². The molecule has 1 aliphatic heterocycles. The van der Waals surface area contributed by atoms with Gasteiger partial charge in [0.1, 0.15) is 0 Å². The van der Waals surface area contributed by atoms with E-state index in [0.717, 1.165) is 32.7 Å². The quantitative estimate of drug-likeness (QED) is 0.914.